The molecule has 1 aromatic heterocycles. The number of H-pyrrole nitrogens is 1. The monoisotopic (exact) mass is 422 g/mol. The van der Waals surface area contributed by atoms with Gasteiger partial charge in [-0.15, -0.1) is 0 Å². The highest BCUT2D eigenvalue weighted by atomic mass is 32.2. The van der Waals surface area contributed by atoms with E-state index < -0.39 is 16.6 Å². The van der Waals surface area contributed by atoms with E-state index in [-0.39, 0.29) is 17.8 Å². The molecular formula is C21H15FN4O3S. The number of imidazole rings is 1. The summed E-state index contributed by atoms with van der Waals surface area (Å²) in [5.74, 6) is -0.397. The molecule has 0 saturated carbocycles. The van der Waals surface area contributed by atoms with Crippen molar-refractivity contribution in [1.82, 2.24) is 15.3 Å². The normalized spacial score (nSPS) is 10.8. The van der Waals surface area contributed by atoms with E-state index in [1.165, 1.54) is 24.3 Å². The number of benzene rings is 3. The molecule has 1 heterocycles. The lowest BCUT2D eigenvalue weighted by Crippen LogP contribution is -2.24. The Morgan fingerprint density at radius 2 is 1.87 bits per heavy atom. The van der Waals surface area contributed by atoms with Crippen molar-refractivity contribution in [1.29, 1.82) is 0 Å². The van der Waals surface area contributed by atoms with Gasteiger partial charge >= 0.3 is 0 Å². The van der Waals surface area contributed by atoms with E-state index in [9.17, 15) is 19.3 Å². The molecule has 0 fully saturated rings. The summed E-state index contributed by atoms with van der Waals surface area (Å²) in [6.45, 7) is 0.111. The van der Waals surface area contributed by atoms with Crippen LogP contribution in [0.15, 0.2) is 76.5 Å². The molecule has 4 aromatic rings. The van der Waals surface area contributed by atoms with Gasteiger partial charge in [-0.2, -0.15) is 0 Å². The molecule has 0 radical (unpaired) electrons. The molecule has 7 nitrogen and oxygen atoms in total. The Morgan fingerprint density at radius 3 is 2.63 bits per heavy atom. The van der Waals surface area contributed by atoms with E-state index in [4.69, 9.17) is 0 Å². The number of aromatic amines is 1. The van der Waals surface area contributed by atoms with Crippen molar-refractivity contribution in [3.05, 3.63) is 94.0 Å². The molecule has 3 aromatic carbocycles. The molecule has 0 aliphatic heterocycles. The molecule has 0 aliphatic carbocycles. The minimum absolute atomic E-state index is 0.0913. The maximum Gasteiger partial charge on any atom is 0.270 e. The van der Waals surface area contributed by atoms with E-state index in [2.05, 4.69) is 15.3 Å². The van der Waals surface area contributed by atoms with E-state index in [1.54, 1.807) is 18.2 Å². The van der Waals surface area contributed by atoms with Gasteiger partial charge in [0.05, 0.1) is 28.1 Å². The molecule has 9 heteroatoms. The quantitative estimate of drug-likeness (QED) is 0.347. The molecule has 1 amide bonds. The van der Waals surface area contributed by atoms with Crippen LogP contribution in [0.4, 0.5) is 10.1 Å². The van der Waals surface area contributed by atoms with E-state index in [1.807, 2.05) is 24.3 Å². The lowest BCUT2D eigenvalue weighted by molar-refractivity contribution is -0.384. The largest absolute Gasteiger partial charge is 0.345 e. The van der Waals surface area contributed by atoms with Gasteiger partial charge in [0.25, 0.3) is 11.6 Å². The van der Waals surface area contributed by atoms with Gasteiger partial charge in [0.15, 0.2) is 0 Å². The number of amides is 1. The fraction of sp³-hybridized carbons (Fsp3) is 0.0476. The summed E-state index contributed by atoms with van der Waals surface area (Å²) in [7, 11) is 0. The summed E-state index contributed by atoms with van der Waals surface area (Å²) in [6, 6.07) is 17.5. The van der Waals surface area contributed by atoms with Gasteiger partial charge < -0.3 is 10.3 Å². The summed E-state index contributed by atoms with van der Waals surface area (Å²) in [4.78, 5) is 31.6. The van der Waals surface area contributed by atoms with E-state index in [0.717, 1.165) is 22.8 Å². The van der Waals surface area contributed by atoms with Crippen LogP contribution < -0.4 is 5.32 Å². The summed E-state index contributed by atoms with van der Waals surface area (Å²) in [6.07, 6.45) is 0. The van der Waals surface area contributed by atoms with E-state index >= 15 is 0 Å². The molecule has 0 unspecified atom stereocenters. The van der Waals surface area contributed by atoms with Crippen molar-refractivity contribution in [2.45, 2.75) is 16.3 Å². The minimum atomic E-state index is -0.576. The van der Waals surface area contributed by atoms with Crippen LogP contribution in [-0.2, 0) is 6.54 Å². The van der Waals surface area contributed by atoms with Crippen molar-refractivity contribution in [3.63, 3.8) is 0 Å². The zero-order valence-electron chi connectivity index (χ0n) is 15.5. The number of nitro benzene ring substituents is 1. The number of rotatable bonds is 6. The second-order valence-corrected chi connectivity index (χ2v) is 7.44. The smallest absolute Gasteiger partial charge is 0.270 e. The second kappa shape index (κ2) is 8.34. The fourth-order valence-corrected chi connectivity index (χ4v) is 3.84. The third kappa shape index (κ3) is 4.15. The molecule has 4 rings (SSSR count). The average Bonchev–Trinajstić information content (AvgIpc) is 3.17. The molecule has 150 valence electrons. The first-order valence-electron chi connectivity index (χ1n) is 8.94. The van der Waals surface area contributed by atoms with Gasteiger partial charge in [0.1, 0.15) is 11.6 Å². The Kier molecular flexibility index (Phi) is 5.44. The predicted octanol–water partition coefficient (Wildman–Crippen LogP) is 4.69. The average molecular weight is 422 g/mol. The van der Waals surface area contributed by atoms with Gasteiger partial charge in [0.2, 0.25) is 0 Å². The number of nitrogens with zero attached hydrogens (tertiary/aromatic N) is 2. The number of para-hydroxylation sites is 2. The third-order valence-corrected chi connectivity index (χ3v) is 5.46. The number of halogens is 1. The third-order valence-electron chi connectivity index (χ3n) is 4.33. The van der Waals surface area contributed by atoms with Crippen molar-refractivity contribution >= 4 is 34.4 Å². The van der Waals surface area contributed by atoms with Crippen LogP contribution in [0.25, 0.3) is 11.0 Å². The standard InChI is InChI=1S/C21H15FN4O3S/c22-15-5-1-4-8-19(15)30-18-10-9-13(26(28)29)11-14(18)21(27)23-12-20-24-16-6-2-3-7-17(16)25-20/h1-11H,12H2,(H,23,27)(H,24,25). The number of carbonyl (C=O) groups excluding carboxylic acids is 1. The SMILES string of the molecule is O=C(NCc1nc2ccccc2[nH]1)c1cc([N+](=O)[O-])ccc1Sc1ccccc1F. The summed E-state index contributed by atoms with van der Waals surface area (Å²) in [5, 5.41) is 13.9. The number of non-ortho nitro benzene ring substituents is 1. The Labute approximate surface area is 174 Å². The molecule has 0 aliphatic rings. The molecule has 2 N–H and O–H groups in total. The fourth-order valence-electron chi connectivity index (χ4n) is 2.89. The number of carbonyl (C=O) groups is 1. The highest BCUT2D eigenvalue weighted by Gasteiger charge is 2.19. The number of hydrogen-bond donors (Lipinski definition) is 2. The predicted molar refractivity (Wildman–Crippen MR) is 111 cm³/mol. The summed E-state index contributed by atoms with van der Waals surface area (Å²) < 4.78 is 14.0. The lowest BCUT2D eigenvalue weighted by atomic mass is 10.2. The van der Waals surface area contributed by atoms with Crippen molar-refractivity contribution in [2.24, 2.45) is 0 Å². The first-order chi connectivity index (χ1) is 14.5. The Balaban J connectivity index is 1.59. The first kappa shape index (κ1) is 19.6. The van der Waals surface area contributed by atoms with Gasteiger partial charge in [-0.05, 0) is 30.3 Å². The zero-order valence-corrected chi connectivity index (χ0v) is 16.3. The van der Waals surface area contributed by atoms with Crippen LogP contribution in [0.2, 0.25) is 0 Å². The van der Waals surface area contributed by atoms with Gasteiger partial charge in [-0.1, -0.05) is 36.0 Å². The van der Waals surface area contributed by atoms with Crippen LogP contribution in [0, 0.1) is 15.9 Å². The molecule has 0 spiro atoms. The van der Waals surface area contributed by atoms with Crippen molar-refractivity contribution in [2.75, 3.05) is 0 Å². The van der Waals surface area contributed by atoms with Crippen LogP contribution >= 0.6 is 11.8 Å². The van der Waals surface area contributed by atoms with Crippen molar-refractivity contribution in [3.8, 4) is 0 Å². The summed E-state index contributed by atoms with van der Waals surface area (Å²) >= 11 is 1.03. The van der Waals surface area contributed by atoms with Crippen LogP contribution in [0.3, 0.4) is 0 Å². The highest BCUT2D eigenvalue weighted by Crippen LogP contribution is 2.34. The molecule has 0 atom stereocenters. The molecule has 0 bridgehead atoms. The topological polar surface area (TPSA) is 101 Å². The van der Waals surface area contributed by atoms with E-state index in [0.29, 0.717) is 15.6 Å². The number of nitro groups is 1. The zero-order chi connectivity index (χ0) is 21.1. The number of hydrogen-bond acceptors (Lipinski definition) is 5. The van der Waals surface area contributed by atoms with Gasteiger partial charge in [-0.25, -0.2) is 9.37 Å². The number of nitrogens with one attached hydrogen (secondary N) is 2. The Morgan fingerprint density at radius 1 is 1.10 bits per heavy atom. The molecule has 0 saturated heterocycles. The number of aromatic nitrogens is 2. The van der Waals surface area contributed by atoms with Gasteiger partial charge in [0, 0.05) is 21.9 Å². The number of fused-ring (bicyclic) bond motifs is 1. The Hall–Kier alpha value is -3.72. The molecule has 30 heavy (non-hydrogen) atoms. The van der Waals surface area contributed by atoms with Crippen molar-refractivity contribution < 1.29 is 14.1 Å². The van der Waals surface area contributed by atoms with Crippen LogP contribution in [0.1, 0.15) is 16.2 Å². The Bertz CT molecular complexity index is 1220. The van der Waals surface area contributed by atoms with Crippen LogP contribution in [0.5, 0.6) is 0 Å². The second-order valence-electron chi connectivity index (χ2n) is 6.35. The lowest BCUT2D eigenvalue weighted by Gasteiger charge is -2.10. The van der Waals surface area contributed by atoms with Gasteiger partial charge in [-0.3, -0.25) is 14.9 Å². The minimum Gasteiger partial charge on any atom is -0.345 e. The maximum absolute atomic E-state index is 14.0. The van der Waals surface area contributed by atoms with Crippen LogP contribution in [-0.4, -0.2) is 20.8 Å². The maximum atomic E-state index is 14.0. The summed E-state index contributed by atoms with van der Waals surface area (Å²) in [5.41, 5.74) is 1.48. The molecular weight excluding hydrogens is 407 g/mol. The highest BCUT2D eigenvalue weighted by molar-refractivity contribution is 7.99. The first-order valence-corrected chi connectivity index (χ1v) is 9.75.